The van der Waals surface area contributed by atoms with Gasteiger partial charge in [0.05, 0.1) is 12.5 Å². The minimum Gasteiger partial charge on any atom is -0.369 e. The minimum atomic E-state index is -0.238. The fraction of sp³-hybridized carbons (Fsp3) is 0.846. The Balaban J connectivity index is 2.55. The zero-order chi connectivity index (χ0) is 13.0. The van der Waals surface area contributed by atoms with E-state index in [1.54, 1.807) is 0 Å². The molecular formula is C13H24N2O2. The van der Waals surface area contributed by atoms with Gasteiger partial charge < -0.3 is 5.73 Å². The van der Waals surface area contributed by atoms with Crippen LogP contribution in [0.5, 0.6) is 0 Å². The summed E-state index contributed by atoms with van der Waals surface area (Å²) in [4.78, 5) is 25.2. The average molecular weight is 240 g/mol. The van der Waals surface area contributed by atoms with Crippen LogP contribution in [0.2, 0.25) is 0 Å². The van der Waals surface area contributed by atoms with Gasteiger partial charge in [-0.05, 0) is 26.2 Å². The molecule has 3 unspecified atom stereocenters. The van der Waals surface area contributed by atoms with E-state index in [-0.39, 0.29) is 23.5 Å². The molecule has 2 N–H and O–H groups in total. The van der Waals surface area contributed by atoms with Gasteiger partial charge in [0.1, 0.15) is 5.78 Å². The predicted molar refractivity (Wildman–Crippen MR) is 67.4 cm³/mol. The van der Waals surface area contributed by atoms with Crippen LogP contribution < -0.4 is 5.73 Å². The van der Waals surface area contributed by atoms with Gasteiger partial charge in [-0.3, -0.25) is 14.5 Å². The molecule has 0 radical (unpaired) electrons. The highest BCUT2D eigenvalue weighted by Gasteiger charge is 2.30. The quantitative estimate of drug-likeness (QED) is 0.785. The van der Waals surface area contributed by atoms with E-state index in [1.165, 1.54) is 0 Å². The van der Waals surface area contributed by atoms with E-state index in [1.807, 2.05) is 13.8 Å². The second-order valence-corrected chi connectivity index (χ2v) is 5.23. The highest BCUT2D eigenvalue weighted by atomic mass is 16.1. The summed E-state index contributed by atoms with van der Waals surface area (Å²) < 4.78 is 0. The summed E-state index contributed by atoms with van der Waals surface area (Å²) in [5.41, 5.74) is 5.34. The molecule has 1 heterocycles. The van der Waals surface area contributed by atoms with Gasteiger partial charge in [-0.1, -0.05) is 13.8 Å². The molecule has 4 heteroatoms. The minimum absolute atomic E-state index is 0.0871. The van der Waals surface area contributed by atoms with E-state index >= 15 is 0 Å². The van der Waals surface area contributed by atoms with Crippen molar-refractivity contribution in [1.82, 2.24) is 4.90 Å². The lowest BCUT2D eigenvalue weighted by molar-refractivity contribution is -0.128. The Hall–Kier alpha value is -0.900. The number of carbonyl (C=O) groups is 2. The number of ketones is 1. The first-order valence-corrected chi connectivity index (χ1v) is 6.51. The van der Waals surface area contributed by atoms with Crippen molar-refractivity contribution >= 4 is 11.7 Å². The van der Waals surface area contributed by atoms with Crippen molar-refractivity contribution in [2.75, 3.05) is 13.1 Å². The maximum absolute atomic E-state index is 11.9. The summed E-state index contributed by atoms with van der Waals surface area (Å²) in [6, 6.07) is 0.374. The van der Waals surface area contributed by atoms with Crippen LogP contribution in [0.4, 0.5) is 0 Å². The molecule has 0 spiro atoms. The molecule has 0 aromatic rings. The van der Waals surface area contributed by atoms with Crippen molar-refractivity contribution in [2.24, 2.45) is 17.6 Å². The lowest BCUT2D eigenvalue weighted by Crippen LogP contribution is -2.48. The molecule has 1 amide bonds. The fourth-order valence-electron chi connectivity index (χ4n) is 2.22. The number of piperidine rings is 1. The molecule has 1 fully saturated rings. The van der Waals surface area contributed by atoms with Crippen LogP contribution in [0.1, 0.15) is 40.0 Å². The number of rotatable bonds is 5. The molecule has 4 nitrogen and oxygen atoms in total. The van der Waals surface area contributed by atoms with Gasteiger partial charge in [0, 0.05) is 18.5 Å². The number of hydrogen-bond acceptors (Lipinski definition) is 3. The molecule has 1 aliphatic rings. The number of likely N-dealkylation sites (tertiary alicyclic amines) is 1. The predicted octanol–water partition coefficient (Wildman–Crippen LogP) is 1.19. The third-order valence-corrected chi connectivity index (χ3v) is 3.93. The number of carbonyl (C=O) groups excluding carboxylic acids is 2. The van der Waals surface area contributed by atoms with Crippen LogP contribution in [-0.2, 0) is 9.59 Å². The standard InChI is InChI=1S/C13H24N2O2/c1-4-9(2)12(16)8-15-7-11(13(14)17)6-5-10(15)3/h9-11H,4-8H2,1-3H3,(H2,14,17). The highest BCUT2D eigenvalue weighted by molar-refractivity contribution is 5.83. The van der Waals surface area contributed by atoms with Gasteiger partial charge in [0.2, 0.25) is 5.91 Å². The van der Waals surface area contributed by atoms with Gasteiger partial charge in [0.25, 0.3) is 0 Å². The molecule has 98 valence electrons. The SMILES string of the molecule is CCC(C)C(=O)CN1CC(C(N)=O)CCC1C. The van der Waals surface area contributed by atoms with Crippen molar-refractivity contribution < 1.29 is 9.59 Å². The van der Waals surface area contributed by atoms with Crippen LogP contribution in [0, 0.1) is 11.8 Å². The van der Waals surface area contributed by atoms with Crippen LogP contribution in [0.25, 0.3) is 0 Å². The molecule has 0 aliphatic carbocycles. The maximum Gasteiger partial charge on any atom is 0.221 e. The highest BCUT2D eigenvalue weighted by Crippen LogP contribution is 2.22. The number of Topliss-reactive ketones (excluding diaryl/α,β-unsaturated/α-hetero) is 1. The van der Waals surface area contributed by atoms with Crippen molar-refractivity contribution in [1.29, 1.82) is 0 Å². The summed E-state index contributed by atoms with van der Waals surface area (Å²) in [7, 11) is 0. The van der Waals surface area contributed by atoms with E-state index in [4.69, 9.17) is 5.73 Å². The Labute approximate surface area is 104 Å². The van der Waals surface area contributed by atoms with Gasteiger partial charge in [-0.15, -0.1) is 0 Å². The van der Waals surface area contributed by atoms with Gasteiger partial charge in [-0.2, -0.15) is 0 Å². The Morgan fingerprint density at radius 3 is 2.59 bits per heavy atom. The normalized spacial score (nSPS) is 27.7. The molecule has 0 saturated carbocycles. The molecule has 17 heavy (non-hydrogen) atoms. The lowest BCUT2D eigenvalue weighted by Gasteiger charge is -2.36. The zero-order valence-corrected chi connectivity index (χ0v) is 11.1. The van der Waals surface area contributed by atoms with Crippen molar-refractivity contribution in [2.45, 2.75) is 46.1 Å². The molecule has 0 aromatic heterocycles. The van der Waals surface area contributed by atoms with E-state index in [0.717, 1.165) is 19.3 Å². The maximum atomic E-state index is 11.9. The molecule has 1 aliphatic heterocycles. The number of hydrogen-bond donors (Lipinski definition) is 1. The molecule has 1 saturated heterocycles. The molecule has 0 bridgehead atoms. The van der Waals surface area contributed by atoms with Crippen LogP contribution in [0.15, 0.2) is 0 Å². The average Bonchev–Trinajstić information content (AvgIpc) is 2.30. The molecule has 3 atom stereocenters. The molecule has 0 aromatic carbocycles. The Bertz CT molecular complexity index is 291. The molecule has 1 rings (SSSR count). The van der Waals surface area contributed by atoms with E-state index in [9.17, 15) is 9.59 Å². The van der Waals surface area contributed by atoms with E-state index in [0.29, 0.717) is 19.1 Å². The topological polar surface area (TPSA) is 63.4 Å². The first-order chi connectivity index (χ1) is 7.95. The Morgan fingerprint density at radius 2 is 2.06 bits per heavy atom. The summed E-state index contributed by atoms with van der Waals surface area (Å²) >= 11 is 0. The largest absolute Gasteiger partial charge is 0.369 e. The van der Waals surface area contributed by atoms with Gasteiger partial charge in [0.15, 0.2) is 0 Å². The van der Waals surface area contributed by atoms with Crippen LogP contribution >= 0.6 is 0 Å². The second-order valence-electron chi connectivity index (χ2n) is 5.23. The number of amides is 1. The first kappa shape index (κ1) is 14.2. The third-order valence-electron chi connectivity index (χ3n) is 3.93. The van der Waals surface area contributed by atoms with Crippen molar-refractivity contribution in [3.63, 3.8) is 0 Å². The van der Waals surface area contributed by atoms with Crippen molar-refractivity contribution in [3.05, 3.63) is 0 Å². The second kappa shape index (κ2) is 6.15. The fourth-order valence-corrected chi connectivity index (χ4v) is 2.22. The van der Waals surface area contributed by atoms with Crippen LogP contribution in [0.3, 0.4) is 0 Å². The van der Waals surface area contributed by atoms with Gasteiger partial charge >= 0.3 is 0 Å². The lowest BCUT2D eigenvalue weighted by atomic mass is 9.92. The number of nitrogens with two attached hydrogens (primary N) is 1. The number of nitrogens with zero attached hydrogens (tertiary/aromatic N) is 1. The summed E-state index contributed by atoms with van der Waals surface area (Å²) in [5.74, 6) is 0.0504. The van der Waals surface area contributed by atoms with Crippen molar-refractivity contribution in [3.8, 4) is 0 Å². The Morgan fingerprint density at radius 1 is 1.41 bits per heavy atom. The number of primary amides is 1. The van der Waals surface area contributed by atoms with E-state index < -0.39 is 0 Å². The summed E-state index contributed by atoms with van der Waals surface area (Å²) in [6.45, 7) is 7.19. The van der Waals surface area contributed by atoms with E-state index in [2.05, 4.69) is 11.8 Å². The van der Waals surface area contributed by atoms with Gasteiger partial charge in [-0.25, -0.2) is 0 Å². The Kier molecular flexibility index (Phi) is 5.12. The monoisotopic (exact) mass is 240 g/mol. The zero-order valence-electron chi connectivity index (χ0n) is 11.1. The smallest absolute Gasteiger partial charge is 0.221 e. The third kappa shape index (κ3) is 3.80. The van der Waals surface area contributed by atoms with Crippen LogP contribution in [-0.4, -0.2) is 35.7 Å². The first-order valence-electron chi connectivity index (χ1n) is 6.51. The summed E-state index contributed by atoms with van der Waals surface area (Å²) in [5, 5.41) is 0. The molecular weight excluding hydrogens is 216 g/mol. The summed E-state index contributed by atoms with van der Waals surface area (Å²) in [6.07, 6.45) is 2.67.